The average molecular weight is 325 g/mol. The molecule has 0 atom stereocenters. The molecule has 0 spiro atoms. The van der Waals surface area contributed by atoms with Gasteiger partial charge in [-0.05, 0) is 37.2 Å². The first kappa shape index (κ1) is 17.1. The van der Waals surface area contributed by atoms with E-state index in [1.807, 2.05) is 4.90 Å². The standard InChI is InChI=1S/C17H25ClN2O2/c1-2-3-4-9-19-10-12-20(13-11-19)17(21)14-22-16-7-5-15(18)6-8-16/h5-8H,2-4,9-14H2,1H3. The largest absolute Gasteiger partial charge is 0.484 e. The van der Waals surface area contributed by atoms with E-state index in [9.17, 15) is 4.79 Å². The maximum Gasteiger partial charge on any atom is 0.260 e. The summed E-state index contributed by atoms with van der Waals surface area (Å²) in [6.07, 6.45) is 3.79. The van der Waals surface area contributed by atoms with Crippen molar-refractivity contribution < 1.29 is 9.53 Å². The number of piperazine rings is 1. The third-order valence-electron chi connectivity index (χ3n) is 3.98. The molecule has 0 aliphatic carbocycles. The van der Waals surface area contributed by atoms with Gasteiger partial charge in [0.05, 0.1) is 0 Å². The molecule has 122 valence electrons. The van der Waals surface area contributed by atoms with Gasteiger partial charge in [-0.15, -0.1) is 0 Å². The number of ether oxygens (including phenoxy) is 1. The zero-order chi connectivity index (χ0) is 15.8. The van der Waals surface area contributed by atoms with E-state index in [-0.39, 0.29) is 12.5 Å². The number of rotatable bonds is 7. The summed E-state index contributed by atoms with van der Waals surface area (Å²) in [5.41, 5.74) is 0. The minimum absolute atomic E-state index is 0.0585. The molecule has 4 nitrogen and oxygen atoms in total. The van der Waals surface area contributed by atoms with Crippen LogP contribution < -0.4 is 4.74 Å². The first-order chi connectivity index (χ1) is 10.7. The van der Waals surface area contributed by atoms with Gasteiger partial charge >= 0.3 is 0 Å². The first-order valence-corrected chi connectivity index (χ1v) is 8.45. The molecule has 1 aromatic carbocycles. The van der Waals surface area contributed by atoms with Crippen molar-refractivity contribution in [2.24, 2.45) is 0 Å². The molecule has 5 heteroatoms. The SMILES string of the molecule is CCCCCN1CCN(C(=O)COc2ccc(Cl)cc2)CC1. The Morgan fingerprint density at radius 3 is 2.45 bits per heavy atom. The lowest BCUT2D eigenvalue weighted by atomic mass is 10.2. The predicted molar refractivity (Wildman–Crippen MR) is 89.5 cm³/mol. The van der Waals surface area contributed by atoms with Crippen LogP contribution in [0.15, 0.2) is 24.3 Å². The van der Waals surface area contributed by atoms with Crippen molar-refractivity contribution in [2.45, 2.75) is 26.2 Å². The molecule has 1 aliphatic rings. The highest BCUT2D eigenvalue weighted by Gasteiger charge is 2.20. The van der Waals surface area contributed by atoms with E-state index in [1.54, 1.807) is 24.3 Å². The van der Waals surface area contributed by atoms with Gasteiger partial charge in [0.1, 0.15) is 5.75 Å². The lowest BCUT2D eigenvalue weighted by Gasteiger charge is -2.34. The van der Waals surface area contributed by atoms with E-state index < -0.39 is 0 Å². The number of hydrogen-bond donors (Lipinski definition) is 0. The van der Waals surface area contributed by atoms with Crippen LogP contribution in [0.2, 0.25) is 5.02 Å². The molecular weight excluding hydrogens is 300 g/mol. The molecule has 1 aromatic rings. The normalized spacial score (nSPS) is 15.8. The predicted octanol–water partition coefficient (Wildman–Crippen LogP) is 3.05. The summed E-state index contributed by atoms with van der Waals surface area (Å²) in [7, 11) is 0. The van der Waals surface area contributed by atoms with Crippen LogP contribution in [-0.2, 0) is 4.79 Å². The number of unbranched alkanes of at least 4 members (excludes halogenated alkanes) is 2. The maximum atomic E-state index is 12.2. The second-order valence-electron chi connectivity index (χ2n) is 5.67. The minimum Gasteiger partial charge on any atom is -0.484 e. The van der Waals surface area contributed by atoms with Crippen molar-refractivity contribution in [1.29, 1.82) is 0 Å². The van der Waals surface area contributed by atoms with Crippen LogP contribution in [-0.4, -0.2) is 55.0 Å². The molecule has 1 amide bonds. The molecule has 1 saturated heterocycles. The monoisotopic (exact) mass is 324 g/mol. The van der Waals surface area contributed by atoms with Crippen LogP contribution in [0.5, 0.6) is 5.75 Å². The molecule has 1 aliphatic heterocycles. The smallest absolute Gasteiger partial charge is 0.260 e. The van der Waals surface area contributed by atoms with E-state index in [0.717, 1.165) is 32.7 Å². The van der Waals surface area contributed by atoms with E-state index in [2.05, 4.69) is 11.8 Å². The number of hydrogen-bond acceptors (Lipinski definition) is 3. The van der Waals surface area contributed by atoms with Crippen molar-refractivity contribution in [3.63, 3.8) is 0 Å². The summed E-state index contributed by atoms with van der Waals surface area (Å²) in [4.78, 5) is 16.5. The van der Waals surface area contributed by atoms with Gasteiger partial charge in [-0.25, -0.2) is 0 Å². The highest BCUT2D eigenvalue weighted by molar-refractivity contribution is 6.30. The van der Waals surface area contributed by atoms with Gasteiger partial charge in [-0.1, -0.05) is 31.4 Å². The van der Waals surface area contributed by atoms with E-state index >= 15 is 0 Å². The third kappa shape index (κ3) is 5.50. The number of halogens is 1. The Kier molecular flexibility index (Phi) is 7.00. The highest BCUT2D eigenvalue weighted by atomic mass is 35.5. The van der Waals surface area contributed by atoms with Crippen molar-refractivity contribution in [2.75, 3.05) is 39.3 Å². The van der Waals surface area contributed by atoms with Crippen LogP contribution >= 0.6 is 11.6 Å². The molecular formula is C17H25ClN2O2. The fraction of sp³-hybridized carbons (Fsp3) is 0.588. The molecule has 0 saturated carbocycles. The Hall–Kier alpha value is -1.26. The zero-order valence-corrected chi connectivity index (χ0v) is 14.0. The van der Waals surface area contributed by atoms with Crippen molar-refractivity contribution >= 4 is 17.5 Å². The van der Waals surface area contributed by atoms with Gasteiger partial charge in [0.25, 0.3) is 5.91 Å². The van der Waals surface area contributed by atoms with Gasteiger partial charge in [-0.3, -0.25) is 9.69 Å². The van der Waals surface area contributed by atoms with Crippen LogP contribution in [0.3, 0.4) is 0 Å². The van der Waals surface area contributed by atoms with Gasteiger partial charge in [-0.2, -0.15) is 0 Å². The second kappa shape index (κ2) is 9.01. The minimum atomic E-state index is 0.0585. The van der Waals surface area contributed by atoms with Gasteiger partial charge in [0, 0.05) is 31.2 Å². The quantitative estimate of drug-likeness (QED) is 0.723. The van der Waals surface area contributed by atoms with Gasteiger partial charge in [0.15, 0.2) is 6.61 Å². The Morgan fingerprint density at radius 2 is 1.82 bits per heavy atom. The lowest BCUT2D eigenvalue weighted by Crippen LogP contribution is -2.50. The summed E-state index contributed by atoms with van der Waals surface area (Å²) in [5.74, 6) is 0.735. The van der Waals surface area contributed by atoms with Crippen molar-refractivity contribution in [3.05, 3.63) is 29.3 Å². The van der Waals surface area contributed by atoms with Gasteiger partial charge < -0.3 is 9.64 Å². The summed E-state index contributed by atoms with van der Waals surface area (Å²) >= 11 is 5.82. The topological polar surface area (TPSA) is 32.8 Å². The van der Waals surface area contributed by atoms with E-state index in [0.29, 0.717) is 10.8 Å². The van der Waals surface area contributed by atoms with Crippen LogP contribution in [0.25, 0.3) is 0 Å². The third-order valence-corrected chi connectivity index (χ3v) is 4.23. The molecule has 0 aromatic heterocycles. The number of carbonyl (C=O) groups excluding carboxylic acids is 1. The Labute approximate surface area is 138 Å². The molecule has 22 heavy (non-hydrogen) atoms. The fourth-order valence-electron chi connectivity index (χ4n) is 2.57. The Bertz CT molecular complexity index is 456. The van der Waals surface area contributed by atoms with E-state index in [4.69, 9.17) is 16.3 Å². The summed E-state index contributed by atoms with van der Waals surface area (Å²) in [6, 6.07) is 7.08. The zero-order valence-electron chi connectivity index (χ0n) is 13.3. The molecule has 1 heterocycles. The number of benzene rings is 1. The Morgan fingerprint density at radius 1 is 1.14 bits per heavy atom. The maximum absolute atomic E-state index is 12.2. The molecule has 0 unspecified atom stereocenters. The van der Waals surface area contributed by atoms with E-state index in [1.165, 1.54) is 19.3 Å². The lowest BCUT2D eigenvalue weighted by molar-refractivity contribution is -0.135. The summed E-state index contributed by atoms with van der Waals surface area (Å²) in [5, 5.41) is 0.665. The fourth-order valence-corrected chi connectivity index (χ4v) is 2.70. The first-order valence-electron chi connectivity index (χ1n) is 8.07. The molecule has 1 fully saturated rings. The second-order valence-corrected chi connectivity index (χ2v) is 6.11. The average Bonchev–Trinajstić information content (AvgIpc) is 2.55. The van der Waals surface area contributed by atoms with Crippen LogP contribution in [0.4, 0.5) is 0 Å². The van der Waals surface area contributed by atoms with Gasteiger partial charge in [0.2, 0.25) is 0 Å². The number of carbonyl (C=O) groups is 1. The van der Waals surface area contributed by atoms with Crippen LogP contribution in [0, 0.1) is 0 Å². The Balaban J connectivity index is 1.67. The number of amides is 1. The molecule has 0 N–H and O–H groups in total. The number of nitrogens with zero attached hydrogens (tertiary/aromatic N) is 2. The summed E-state index contributed by atoms with van der Waals surface area (Å²) < 4.78 is 5.52. The molecule has 2 rings (SSSR count). The molecule has 0 radical (unpaired) electrons. The van der Waals surface area contributed by atoms with Crippen LogP contribution in [0.1, 0.15) is 26.2 Å². The van der Waals surface area contributed by atoms with Crippen molar-refractivity contribution in [3.8, 4) is 5.75 Å². The summed E-state index contributed by atoms with van der Waals surface area (Å²) in [6.45, 7) is 7.00. The highest BCUT2D eigenvalue weighted by Crippen LogP contribution is 2.15. The molecule has 0 bridgehead atoms. The van der Waals surface area contributed by atoms with Crippen molar-refractivity contribution in [1.82, 2.24) is 9.80 Å².